The molecule has 1 aliphatic heterocycles. The van der Waals surface area contributed by atoms with Crippen LogP contribution in [-0.2, 0) is 16.1 Å². The molecule has 2 atom stereocenters. The fourth-order valence-corrected chi connectivity index (χ4v) is 2.41. The predicted molar refractivity (Wildman–Crippen MR) is 78.5 cm³/mol. The molecule has 1 aromatic carbocycles. The van der Waals surface area contributed by atoms with Crippen molar-refractivity contribution in [3.63, 3.8) is 0 Å². The monoisotopic (exact) mass is 294 g/mol. The Morgan fingerprint density at radius 2 is 2.05 bits per heavy atom. The number of hydrogen-bond acceptors (Lipinski definition) is 5. The third kappa shape index (κ3) is 3.65. The molecule has 0 saturated carbocycles. The van der Waals surface area contributed by atoms with Gasteiger partial charge in [-0.3, -0.25) is 4.79 Å². The highest BCUT2D eigenvalue weighted by atomic mass is 16.5. The Morgan fingerprint density at radius 3 is 2.71 bits per heavy atom. The van der Waals surface area contributed by atoms with Crippen LogP contribution in [0.2, 0.25) is 0 Å². The van der Waals surface area contributed by atoms with Crippen molar-refractivity contribution < 1.29 is 19.0 Å². The lowest BCUT2D eigenvalue weighted by Gasteiger charge is -2.16. The van der Waals surface area contributed by atoms with Gasteiger partial charge in [-0.05, 0) is 24.7 Å². The summed E-state index contributed by atoms with van der Waals surface area (Å²) in [6.45, 7) is 1.49. The summed E-state index contributed by atoms with van der Waals surface area (Å²) in [5.74, 6) is 1.19. The Kier molecular flexibility index (Phi) is 5.41. The third-order valence-electron chi connectivity index (χ3n) is 3.70. The van der Waals surface area contributed by atoms with Crippen LogP contribution in [0.25, 0.3) is 0 Å². The second-order valence-electron chi connectivity index (χ2n) is 4.95. The Hall–Kier alpha value is -1.79. The Labute approximate surface area is 124 Å². The summed E-state index contributed by atoms with van der Waals surface area (Å²) >= 11 is 0. The predicted octanol–water partition coefficient (Wildman–Crippen LogP) is 0.554. The van der Waals surface area contributed by atoms with Crippen molar-refractivity contribution >= 4 is 5.91 Å². The molecule has 2 rings (SSSR count). The van der Waals surface area contributed by atoms with Gasteiger partial charge in [0.05, 0.1) is 33.4 Å². The molecule has 1 amide bonds. The normalized spacial score (nSPS) is 21.1. The number of benzene rings is 1. The molecule has 6 heteroatoms. The van der Waals surface area contributed by atoms with Crippen molar-refractivity contribution in [1.82, 2.24) is 10.6 Å². The number of methoxy groups -OCH3 is 2. The minimum absolute atomic E-state index is 0.00151. The average molecular weight is 294 g/mol. The zero-order valence-corrected chi connectivity index (χ0v) is 12.6. The van der Waals surface area contributed by atoms with Crippen molar-refractivity contribution in [1.29, 1.82) is 0 Å². The topological polar surface area (TPSA) is 68.8 Å². The standard InChI is InChI=1S/C15H22N2O4/c1-16-12-9-21-8-11(12)15(18)17-7-10-4-5-13(19-2)14(6-10)20-3/h4-6,11-12,16H,7-9H2,1-3H3,(H,17,18). The molecule has 2 unspecified atom stereocenters. The number of carbonyl (C=O) groups is 1. The minimum Gasteiger partial charge on any atom is -0.493 e. The van der Waals surface area contributed by atoms with Gasteiger partial charge in [-0.1, -0.05) is 6.07 Å². The van der Waals surface area contributed by atoms with Crippen molar-refractivity contribution in [2.75, 3.05) is 34.5 Å². The van der Waals surface area contributed by atoms with E-state index in [4.69, 9.17) is 14.2 Å². The highest BCUT2D eigenvalue weighted by Gasteiger charge is 2.32. The van der Waals surface area contributed by atoms with Crippen LogP contribution in [0.4, 0.5) is 0 Å². The fourth-order valence-electron chi connectivity index (χ4n) is 2.41. The SMILES string of the molecule is CNC1COCC1C(=O)NCc1ccc(OC)c(OC)c1. The van der Waals surface area contributed by atoms with Crippen molar-refractivity contribution in [3.05, 3.63) is 23.8 Å². The lowest BCUT2D eigenvalue weighted by Crippen LogP contribution is -2.42. The van der Waals surface area contributed by atoms with Gasteiger partial charge in [-0.25, -0.2) is 0 Å². The van der Waals surface area contributed by atoms with E-state index in [0.717, 1.165) is 5.56 Å². The largest absolute Gasteiger partial charge is 0.493 e. The zero-order valence-electron chi connectivity index (χ0n) is 12.6. The van der Waals surface area contributed by atoms with Gasteiger partial charge in [0.25, 0.3) is 0 Å². The first kappa shape index (κ1) is 15.6. The molecule has 1 aromatic rings. The number of amides is 1. The third-order valence-corrected chi connectivity index (χ3v) is 3.70. The molecule has 1 fully saturated rings. The summed E-state index contributed by atoms with van der Waals surface area (Å²) in [6, 6.07) is 5.67. The van der Waals surface area contributed by atoms with E-state index in [9.17, 15) is 4.79 Å². The van der Waals surface area contributed by atoms with Gasteiger partial charge >= 0.3 is 0 Å². The Bertz CT molecular complexity index is 493. The summed E-state index contributed by atoms with van der Waals surface area (Å²) in [6.07, 6.45) is 0. The molecule has 1 saturated heterocycles. The van der Waals surface area contributed by atoms with E-state index in [0.29, 0.717) is 31.3 Å². The fraction of sp³-hybridized carbons (Fsp3) is 0.533. The molecule has 0 spiro atoms. The second kappa shape index (κ2) is 7.28. The lowest BCUT2D eigenvalue weighted by atomic mass is 10.0. The molecule has 1 aliphatic rings. The van der Waals surface area contributed by atoms with Gasteiger partial charge in [0.15, 0.2) is 11.5 Å². The molecule has 6 nitrogen and oxygen atoms in total. The Morgan fingerprint density at radius 1 is 1.29 bits per heavy atom. The quantitative estimate of drug-likeness (QED) is 0.802. The molecule has 2 N–H and O–H groups in total. The van der Waals surface area contributed by atoms with Crippen molar-refractivity contribution in [3.8, 4) is 11.5 Å². The van der Waals surface area contributed by atoms with Gasteiger partial charge < -0.3 is 24.8 Å². The van der Waals surface area contributed by atoms with Gasteiger partial charge in [0.1, 0.15) is 0 Å². The molecule has 116 valence electrons. The van der Waals surface area contributed by atoms with Crippen LogP contribution >= 0.6 is 0 Å². The van der Waals surface area contributed by atoms with E-state index in [1.165, 1.54) is 0 Å². The van der Waals surface area contributed by atoms with Gasteiger partial charge in [-0.2, -0.15) is 0 Å². The molecule has 1 heterocycles. The maximum absolute atomic E-state index is 12.2. The molecule has 0 aromatic heterocycles. The molecule has 0 bridgehead atoms. The Balaban J connectivity index is 1.95. The molecule has 0 radical (unpaired) electrons. The molecular formula is C15H22N2O4. The van der Waals surface area contributed by atoms with Crippen molar-refractivity contribution in [2.45, 2.75) is 12.6 Å². The first-order valence-electron chi connectivity index (χ1n) is 6.93. The number of hydrogen-bond donors (Lipinski definition) is 2. The summed E-state index contributed by atoms with van der Waals surface area (Å²) < 4.78 is 15.8. The highest BCUT2D eigenvalue weighted by molar-refractivity contribution is 5.79. The summed E-state index contributed by atoms with van der Waals surface area (Å²) in [5, 5.41) is 6.04. The molecule has 21 heavy (non-hydrogen) atoms. The van der Waals surface area contributed by atoms with Gasteiger partial charge in [0.2, 0.25) is 5.91 Å². The van der Waals surface area contributed by atoms with Crippen molar-refractivity contribution in [2.24, 2.45) is 5.92 Å². The van der Waals surface area contributed by atoms with Crippen LogP contribution in [0.15, 0.2) is 18.2 Å². The summed E-state index contributed by atoms with van der Waals surface area (Å²) in [4.78, 5) is 12.2. The first-order chi connectivity index (χ1) is 10.2. The van der Waals surface area contributed by atoms with Gasteiger partial charge in [0, 0.05) is 12.6 Å². The number of ether oxygens (including phenoxy) is 3. The number of nitrogens with one attached hydrogen (secondary N) is 2. The van der Waals surface area contributed by atoms with Crippen LogP contribution in [0.5, 0.6) is 11.5 Å². The van der Waals surface area contributed by atoms with Gasteiger partial charge in [-0.15, -0.1) is 0 Å². The average Bonchev–Trinajstić information content (AvgIpc) is 3.00. The van der Waals surface area contributed by atoms with E-state index in [-0.39, 0.29) is 17.9 Å². The van der Waals surface area contributed by atoms with E-state index >= 15 is 0 Å². The summed E-state index contributed by atoms with van der Waals surface area (Å²) in [7, 11) is 5.03. The second-order valence-corrected chi connectivity index (χ2v) is 4.95. The molecular weight excluding hydrogens is 272 g/mol. The van der Waals surface area contributed by atoms with Crippen LogP contribution in [0.3, 0.4) is 0 Å². The van der Waals surface area contributed by atoms with E-state index < -0.39 is 0 Å². The van der Waals surface area contributed by atoms with E-state index in [2.05, 4.69) is 10.6 Å². The number of carbonyl (C=O) groups excluding carboxylic acids is 1. The smallest absolute Gasteiger partial charge is 0.227 e. The van der Waals surface area contributed by atoms with E-state index in [1.807, 2.05) is 25.2 Å². The number of likely N-dealkylation sites (N-methyl/N-ethyl adjacent to an activating group) is 1. The lowest BCUT2D eigenvalue weighted by molar-refractivity contribution is -0.125. The highest BCUT2D eigenvalue weighted by Crippen LogP contribution is 2.27. The van der Waals surface area contributed by atoms with Crippen LogP contribution in [-0.4, -0.2) is 46.4 Å². The van der Waals surface area contributed by atoms with Crippen LogP contribution < -0.4 is 20.1 Å². The zero-order chi connectivity index (χ0) is 15.2. The summed E-state index contributed by atoms with van der Waals surface area (Å²) in [5.41, 5.74) is 0.959. The van der Waals surface area contributed by atoms with Crippen LogP contribution in [0, 0.1) is 5.92 Å². The maximum Gasteiger partial charge on any atom is 0.227 e. The number of rotatable bonds is 6. The maximum atomic E-state index is 12.2. The molecule has 0 aliphatic carbocycles. The first-order valence-corrected chi connectivity index (χ1v) is 6.93. The minimum atomic E-state index is -0.143. The van der Waals surface area contributed by atoms with E-state index in [1.54, 1.807) is 14.2 Å². The van der Waals surface area contributed by atoms with Crippen LogP contribution in [0.1, 0.15) is 5.56 Å².